The summed E-state index contributed by atoms with van der Waals surface area (Å²) in [6, 6.07) is 14.4. The van der Waals surface area contributed by atoms with Gasteiger partial charge in [-0.15, -0.1) is 0 Å². The Bertz CT molecular complexity index is 774. The number of hydrogen-bond donors (Lipinski definition) is 3. The van der Waals surface area contributed by atoms with Crippen molar-refractivity contribution >= 4 is 23.2 Å². The van der Waals surface area contributed by atoms with Gasteiger partial charge in [0.25, 0.3) is 5.91 Å². The summed E-state index contributed by atoms with van der Waals surface area (Å²) in [5.74, 6) is -0.727. The van der Waals surface area contributed by atoms with Gasteiger partial charge in [-0.25, -0.2) is 0 Å². The van der Waals surface area contributed by atoms with E-state index in [1.807, 2.05) is 31.2 Å². The molecule has 0 spiro atoms. The molecule has 130 valence electrons. The molecule has 0 aromatic heterocycles. The van der Waals surface area contributed by atoms with Crippen molar-refractivity contribution in [3.05, 3.63) is 59.7 Å². The van der Waals surface area contributed by atoms with Crippen LogP contribution in [-0.4, -0.2) is 23.0 Å². The monoisotopic (exact) mass is 338 g/mol. The molecule has 0 radical (unpaired) electrons. The van der Waals surface area contributed by atoms with Gasteiger partial charge in [0.2, 0.25) is 5.91 Å². The Labute approximate surface area is 147 Å². The molecule has 0 heterocycles. The summed E-state index contributed by atoms with van der Waals surface area (Å²) in [6.45, 7) is 1.89. The quantitative estimate of drug-likeness (QED) is 0.800. The molecule has 2 amide bonds. The van der Waals surface area contributed by atoms with Crippen LogP contribution in [0, 0.1) is 12.8 Å². The van der Waals surface area contributed by atoms with Crippen LogP contribution in [0.25, 0.3) is 0 Å². The van der Waals surface area contributed by atoms with Crippen LogP contribution < -0.4 is 10.6 Å². The maximum Gasteiger partial charge on any atom is 0.255 e. The SMILES string of the molecule is Cc1ccc(NC(=O)c2ccccc2)cc1NC(=O)C1CCCC1O. The van der Waals surface area contributed by atoms with Crippen molar-refractivity contribution < 1.29 is 14.7 Å². The fourth-order valence-corrected chi connectivity index (χ4v) is 3.10. The van der Waals surface area contributed by atoms with Gasteiger partial charge >= 0.3 is 0 Å². The lowest BCUT2D eigenvalue weighted by Crippen LogP contribution is -2.29. The number of carbonyl (C=O) groups excluding carboxylic acids is 2. The van der Waals surface area contributed by atoms with Crippen LogP contribution in [0.4, 0.5) is 11.4 Å². The van der Waals surface area contributed by atoms with Gasteiger partial charge in [0.1, 0.15) is 0 Å². The van der Waals surface area contributed by atoms with Crippen molar-refractivity contribution in [3.63, 3.8) is 0 Å². The fraction of sp³-hybridized carbons (Fsp3) is 0.300. The van der Waals surface area contributed by atoms with Crippen LogP contribution >= 0.6 is 0 Å². The van der Waals surface area contributed by atoms with Crippen LogP contribution in [0.2, 0.25) is 0 Å². The summed E-state index contributed by atoms with van der Waals surface area (Å²) in [4.78, 5) is 24.6. The molecule has 1 saturated carbocycles. The molecule has 3 N–H and O–H groups in total. The van der Waals surface area contributed by atoms with E-state index in [-0.39, 0.29) is 17.7 Å². The Morgan fingerprint density at radius 3 is 2.48 bits per heavy atom. The average molecular weight is 338 g/mol. The van der Waals surface area contributed by atoms with Crippen molar-refractivity contribution in [1.29, 1.82) is 0 Å². The lowest BCUT2D eigenvalue weighted by atomic mass is 10.0. The van der Waals surface area contributed by atoms with Gasteiger partial charge in [-0.1, -0.05) is 24.3 Å². The number of anilines is 2. The number of hydrogen-bond acceptors (Lipinski definition) is 3. The predicted molar refractivity (Wildman–Crippen MR) is 97.6 cm³/mol. The van der Waals surface area contributed by atoms with Crippen molar-refractivity contribution in [1.82, 2.24) is 0 Å². The first-order chi connectivity index (χ1) is 12.0. The molecule has 0 bridgehead atoms. The number of benzene rings is 2. The van der Waals surface area contributed by atoms with E-state index in [0.717, 1.165) is 12.0 Å². The number of amides is 2. The molecule has 5 heteroatoms. The minimum absolute atomic E-state index is 0.167. The summed E-state index contributed by atoms with van der Waals surface area (Å²) >= 11 is 0. The highest BCUT2D eigenvalue weighted by Gasteiger charge is 2.31. The Hall–Kier alpha value is -2.66. The summed E-state index contributed by atoms with van der Waals surface area (Å²) in [5, 5.41) is 15.6. The summed E-state index contributed by atoms with van der Waals surface area (Å²) < 4.78 is 0. The Morgan fingerprint density at radius 2 is 1.80 bits per heavy atom. The van der Waals surface area contributed by atoms with Crippen molar-refractivity contribution in [2.24, 2.45) is 5.92 Å². The van der Waals surface area contributed by atoms with E-state index in [0.29, 0.717) is 29.8 Å². The van der Waals surface area contributed by atoms with E-state index in [9.17, 15) is 14.7 Å². The van der Waals surface area contributed by atoms with Gasteiger partial charge in [-0.3, -0.25) is 9.59 Å². The van der Waals surface area contributed by atoms with E-state index in [1.165, 1.54) is 0 Å². The molecule has 1 fully saturated rings. The van der Waals surface area contributed by atoms with Crippen molar-refractivity contribution in [2.75, 3.05) is 10.6 Å². The van der Waals surface area contributed by atoms with E-state index in [4.69, 9.17) is 0 Å². The van der Waals surface area contributed by atoms with Crippen molar-refractivity contribution in [2.45, 2.75) is 32.3 Å². The second-order valence-electron chi connectivity index (χ2n) is 6.44. The third-order valence-electron chi connectivity index (χ3n) is 4.61. The zero-order valence-electron chi connectivity index (χ0n) is 14.2. The number of aliphatic hydroxyl groups excluding tert-OH is 1. The molecule has 25 heavy (non-hydrogen) atoms. The number of aryl methyl sites for hydroxylation is 1. The smallest absolute Gasteiger partial charge is 0.255 e. The highest BCUT2D eigenvalue weighted by molar-refractivity contribution is 6.04. The fourth-order valence-electron chi connectivity index (χ4n) is 3.10. The molecule has 0 aliphatic heterocycles. The van der Waals surface area contributed by atoms with Gasteiger partial charge in [0.05, 0.1) is 12.0 Å². The largest absolute Gasteiger partial charge is 0.392 e. The number of aliphatic hydroxyl groups is 1. The Balaban J connectivity index is 1.72. The average Bonchev–Trinajstić information content (AvgIpc) is 3.04. The third kappa shape index (κ3) is 4.06. The molecule has 2 aromatic carbocycles. The van der Waals surface area contributed by atoms with E-state index in [2.05, 4.69) is 10.6 Å². The molecule has 2 aromatic rings. The lowest BCUT2D eigenvalue weighted by molar-refractivity contribution is -0.122. The second-order valence-corrected chi connectivity index (χ2v) is 6.44. The molecule has 3 rings (SSSR count). The first kappa shape index (κ1) is 17.2. The molecular weight excluding hydrogens is 316 g/mol. The lowest BCUT2D eigenvalue weighted by Gasteiger charge is -2.16. The van der Waals surface area contributed by atoms with Gasteiger partial charge in [0.15, 0.2) is 0 Å². The topological polar surface area (TPSA) is 78.4 Å². The Kier molecular flexibility index (Phi) is 5.14. The normalized spacial score (nSPS) is 19.4. The van der Waals surface area contributed by atoms with Gasteiger partial charge in [0, 0.05) is 16.9 Å². The summed E-state index contributed by atoms with van der Waals surface area (Å²) in [6.07, 6.45) is 1.67. The molecule has 2 unspecified atom stereocenters. The maximum atomic E-state index is 12.4. The van der Waals surface area contributed by atoms with Crippen LogP contribution in [0.1, 0.15) is 35.2 Å². The van der Waals surface area contributed by atoms with Gasteiger partial charge < -0.3 is 15.7 Å². The molecule has 0 saturated heterocycles. The number of carbonyl (C=O) groups is 2. The van der Waals surface area contributed by atoms with Gasteiger partial charge in [-0.2, -0.15) is 0 Å². The maximum absolute atomic E-state index is 12.4. The zero-order chi connectivity index (χ0) is 17.8. The highest BCUT2D eigenvalue weighted by Crippen LogP contribution is 2.28. The summed E-state index contributed by atoms with van der Waals surface area (Å²) in [7, 11) is 0. The molecular formula is C20H22N2O3. The number of rotatable bonds is 4. The molecule has 2 atom stereocenters. The predicted octanol–water partition coefficient (Wildman–Crippen LogP) is 3.35. The number of nitrogens with one attached hydrogen (secondary N) is 2. The van der Waals surface area contributed by atoms with Crippen LogP contribution in [0.3, 0.4) is 0 Å². The molecule has 1 aliphatic rings. The van der Waals surface area contributed by atoms with E-state index >= 15 is 0 Å². The Morgan fingerprint density at radius 1 is 1.04 bits per heavy atom. The standard InChI is InChI=1S/C20H22N2O3/c1-13-10-11-15(21-19(24)14-6-3-2-4-7-14)12-17(13)22-20(25)16-8-5-9-18(16)23/h2-4,6-7,10-12,16,18,23H,5,8-9H2,1H3,(H,21,24)(H,22,25). The molecule has 5 nitrogen and oxygen atoms in total. The van der Waals surface area contributed by atoms with Crippen LogP contribution in [0.15, 0.2) is 48.5 Å². The van der Waals surface area contributed by atoms with Crippen LogP contribution in [-0.2, 0) is 4.79 Å². The minimum atomic E-state index is -0.568. The van der Waals surface area contributed by atoms with Gasteiger partial charge in [-0.05, 0) is 56.0 Å². The molecule has 1 aliphatic carbocycles. The minimum Gasteiger partial charge on any atom is -0.392 e. The van der Waals surface area contributed by atoms with E-state index < -0.39 is 6.10 Å². The summed E-state index contributed by atoms with van der Waals surface area (Å²) in [5.41, 5.74) is 2.73. The highest BCUT2D eigenvalue weighted by atomic mass is 16.3. The third-order valence-corrected chi connectivity index (χ3v) is 4.61. The second kappa shape index (κ2) is 7.49. The van der Waals surface area contributed by atoms with Crippen LogP contribution in [0.5, 0.6) is 0 Å². The zero-order valence-corrected chi connectivity index (χ0v) is 14.2. The van der Waals surface area contributed by atoms with Crippen molar-refractivity contribution in [3.8, 4) is 0 Å². The van der Waals surface area contributed by atoms with E-state index in [1.54, 1.807) is 24.3 Å². The first-order valence-electron chi connectivity index (χ1n) is 8.50. The first-order valence-corrected chi connectivity index (χ1v) is 8.50.